The van der Waals surface area contributed by atoms with Gasteiger partial charge in [-0.15, -0.1) is 5.10 Å². The third-order valence-electron chi connectivity index (χ3n) is 3.96. The van der Waals surface area contributed by atoms with Crippen LogP contribution >= 0.6 is 23.4 Å². The normalized spacial score (nSPS) is 15.8. The lowest BCUT2D eigenvalue weighted by Crippen LogP contribution is -2.45. The molecule has 1 aliphatic rings. The molecule has 1 saturated carbocycles. The summed E-state index contributed by atoms with van der Waals surface area (Å²) in [5.74, 6) is 0.640. The van der Waals surface area contributed by atoms with Gasteiger partial charge in [0, 0.05) is 10.6 Å². The Kier molecular flexibility index (Phi) is 5.07. The molecule has 1 heterocycles. The molecule has 2 N–H and O–H groups in total. The molecule has 1 aromatic carbocycles. The Labute approximate surface area is 149 Å². The highest BCUT2D eigenvalue weighted by molar-refractivity contribution is 7.99. The second-order valence-corrected chi connectivity index (χ2v) is 7.09. The first kappa shape index (κ1) is 16.8. The summed E-state index contributed by atoms with van der Waals surface area (Å²) < 4.78 is 0. The number of carbonyl (C=O) groups is 1. The van der Waals surface area contributed by atoms with Gasteiger partial charge in [0.15, 0.2) is 5.82 Å². The summed E-state index contributed by atoms with van der Waals surface area (Å²) in [4.78, 5) is 16.4. The smallest absolute Gasteiger partial charge is 0.231 e. The third-order valence-corrected chi connectivity index (χ3v) is 5.06. The number of hydrogen-bond acceptors (Lipinski definition) is 5. The van der Waals surface area contributed by atoms with Gasteiger partial charge in [-0.2, -0.15) is 5.26 Å². The zero-order valence-electron chi connectivity index (χ0n) is 12.9. The van der Waals surface area contributed by atoms with Gasteiger partial charge < -0.3 is 5.32 Å². The maximum atomic E-state index is 12.1. The lowest BCUT2D eigenvalue weighted by atomic mass is 10.0. The van der Waals surface area contributed by atoms with E-state index in [-0.39, 0.29) is 11.7 Å². The maximum Gasteiger partial charge on any atom is 0.231 e. The number of benzene rings is 1. The molecule has 8 heteroatoms. The van der Waals surface area contributed by atoms with Crippen LogP contribution in [0, 0.1) is 11.3 Å². The minimum Gasteiger partial charge on any atom is -0.337 e. The van der Waals surface area contributed by atoms with Crippen molar-refractivity contribution in [3.8, 4) is 17.5 Å². The zero-order valence-corrected chi connectivity index (χ0v) is 14.5. The number of nitrogens with one attached hydrogen (secondary N) is 2. The van der Waals surface area contributed by atoms with Crippen LogP contribution in [0.25, 0.3) is 11.4 Å². The molecule has 0 spiro atoms. The summed E-state index contributed by atoms with van der Waals surface area (Å²) in [7, 11) is 0. The first-order valence-corrected chi connectivity index (χ1v) is 9.00. The largest absolute Gasteiger partial charge is 0.337 e. The van der Waals surface area contributed by atoms with E-state index in [1.54, 1.807) is 12.1 Å². The van der Waals surface area contributed by atoms with Crippen LogP contribution in [0.3, 0.4) is 0 Å². The Bertz CT molecular complexity index is 762. The van der Waals surface area contributed by atoms with Crippen molar-refractivity contribution >= 4 is 29.3 Å². The van der Waals surface area contributed by atoms with Crippen LogP contribution in [-0.4, -0.2) is 32.4 Å². The Morgan fingerprint density at radius 1 is 1.38 bits per heavy atom. The summed E-state index contributed by atoms with van der Waals surface area (Å²) in [6, 6.07) is 9.50. The number of hydrogen-bond donors (Lipinski definition) is 2. The predicted molar refractivity (Wildman–Crippen MR) is 92.5 cm³/mol. The van der Waals surface area contributed by atoms with Crippen LogP contribution in [0.15, 0.2) is 29.4 Å². The van der Waals surface area contributed by atoms with Crippen LogP contribution in [0.4, 0.5) is 0 Å². The standard InChI is InChI=1S/C16H16ClN5OS/c17-12-5-3-11(4-6-12)14-19-15(22-21-14)24-9-13(23)20-16(10-18)7-1-2-8-16/h3-6H,1-2,7-9H2,(H,20,23)(H,19,21,22). The lowest BCUT2D eigenvalue weighted by Gasteiger charge is -2.21. The van der Waals surface area contributed by atoms with Crippen molar-refractivity contribution in [3.05, 3.63) is 29.3 Å². The number of H-pyrrole nitrogens is 1. The molecule has 0 atom stereocenters. The fraction of sp³-hybridized carbons (Fsp3) is 0.375. The second kappa shape index (κ2) is 7.24. The number of aromatic amines is 1. The highest BCUT2D eigenvalue weighted by Gasteiger charge is 2.35. The molecule has 2 aromatic rings. The average Bonchev–Trinajstić information content (AvgIpc) is 3.24. The zero-order chi connectivity index (χ0) is 17.0. The minimum absolute atomic E-state index is 0.165. The molecular formula is C16H16ClN5OS. The summed E-state index contributed by atoms with van der Waals surface area (Å²) >= 11 is 7.10. The molecule has 0 radical (unpaired) electrons. The van der Waals surface area contributed by atoms with Crippen LogP contribution in [0.2, 0.25) is 5.02 Å². The monoisotopic (exact) mass is 361 g/mol. The highest BCUT2D eigenvalue weighted by Crippen LogP contribution is 2.29. The Morgan fingerprint density at radius 3 is 2.75 bits per heavy atom. The van der Waals surface area contributed by atoms with Crippen LogP contribution in [-0.2, 0) is 4.79 Å². The summed E-state index contributed by atoms with van der Waals surface area (Å²) in [5, 5.41) is 20.2. The van der Waals surface area contributed by atoms with Crippen molar-refractivity contribution in [2.75, 3.05) is 5.75 Å². The summed E-state index contributed by atoms with van der Waals surface area (Å²) in [5.41, 5.74) is 0.183. The van der Waals surface area contributed by atoms with Gasteiger partial charge in [0.05, 0.1) is 11.8 Å². The Hall–Kier alpha value is -2.04. The molecule has 0 unspecified atom stereocenters. The van der Waals surface area contributed by atoms with Crippen molar-refractivity contribution < 1.29 is 4.79 Å². The predicted octanol–water partition coefficient (Wildman–Crippen LogP) is 3.17. The van der Waals surface area contributed by atoms with Gasteiger partial charge in [-0.1, -0.05) is 23.4 Å². The first-order valence-electron chi connectivity index (χ1n) is 7.64. The van der Waals surface area contributed by atoms with E-state index >= 15 is 0 Å². The molecule has 1 amide bonds. The molecule has 0 bridgehead atoms. The topological polar surface area (TPSA) is 94.5 Å². The molecule has 1 aliphatic carbocycles. The molecular weight excluding hydrogens is 346 g/mol. The number of thioether (sulfide) groups is 1. The van der Waals surface area contributed by atoms with Crippen LogP contribution in [0.1, 0.15) is 25.7 Å². The molecule has 24 heavy (non-hydrogen) atoms. The third kappa shape index (κ3) is 3.89. The Balaban J connectivity index is 1.56. The van der Waals surface area contributed by atoms with Gasteiger partial charge >= 0.3 is 0 Å². The van der Waals surface area contributed by atoms with Gasteiger partial charge in [0.1, 0.15) is 5.54 Å². The molecule has 124 valence electrons. The second-order valence-electron chi connectivity index (χ2n) is 5.71. The van der Waals surface area contributed by atoms with Crippen molar-refractivity contribution in [2.45, 2.75) is 36.4 Å². The van der Waals surface area contributed by atoms with E-state index in [0.717, 1.165) is 31.2 Å². The fourth-order valence-corrected chi connectivity index (χ4v) is 3.45. The van der Waals surface area contributed by atoms with E-state index in [9.17, 15) is 10.1 Å². The van der Waals surface area contributed by atoms with Gasteiger partial charge in [-0.25, -0.2) is 4.98 Å². The summed E-state index contributed by atoms with van der Waals surface area (Å²) in [6.45, 7) is 0. The van der Waals surface area contributed by atoms with Crippen molar-refractivity contribution in [3.63, 3.8) is 0 Å². The van der Waals surface area contributed by atoms with Crippen LogP contribution < -0.4 is 5.32 Å². The number of nitrogens with zero attached hydrogens (tertiary/aromatic N) is 3. The Morgan fingerprint density at radius 2 is 2.08 bits per heavy atom. The van der Waals surface area contributed by atoms with E-state index in [1.807, 2.05) is 12.1 Å². The summed E-state index contributed by atoms with van der Waals surface area (Å²) in [6.07, 6.45) is 3.40. The van der Waals surface area contributed by atoms with Gasteiger partial charge in [0.2, 0.25) is 11.1 Å². The van der Waals surface area contributed by atoms with Crippen LogP contribution in [0.5, 0.6) is 0 Å². The average molecular weight is 362 g/mol. The van der Waals surface area contributed by atoms with E-state index in [1.165, 1.54) is 11.8 Å². The van der Waals surface area contributed by atoms with Gasteiger partial charge in [0.25, 0.3) is 0 Å². The number of nitriles is 1. The van der Waals surface area contributed by atoms with E-state index < -0.39 is 5.54 Å². The van der Waals surface area contributed by atoms with Crippen molar-refractivity contribution in [2.24, 2.45) is 0 Å². The maximum absolute atomic E-state index is 12.1. The number of rotatable bonds is 5. The number of aromatic nitrogens is 3. The lowest BCUT2D eigenvalue weighted by molar-refractivity contribution is -0.119. The molecule has 1 fully saturated rings. The van der Waals surface area contributed by atoms with Crippen molar-refractivity contribution in [1.82, 2.24) is 20.5 Å². The molecule has 0 aliphatic heterocycles. The minimum atomic E-state index is -0.689. The molecule has 6 nitrogen and oxygen atoms in total. The van der Waals surface area contributed by atoms with E-state index in [2.05, 4.69) is 26.6 Å². The van der Waals surface area contributed by atoms with Gasteiger partial charge in [-0.3, -0.25) is 9.89 Å². The number of halogens is 1. The molecule has 1 aromatic heterocycles. The fourth-order valence-electron chi connectivity index (χ4n) is 2.72. The SMILES string of the molecule is N#CC1(NC(=O)CSc2n[nH]c(-c3ccc(Cl)cc3)n2)CCCC1. The van der Waals surface area contributed by atoms with E-state index in [0.29, 0.717) is 16.0 Å². The van der Waals surface area contributed by atoms with E-state index in [4.69, 9.17) is 11.6 Å². The van der Waals surface area contributed by atoms with Crippen molar-refractivity contribution in [1.29, 1.82) is 5.26 Å². The van der Waals surface area contributed by atoms with Gasteiger partial charge in [-0.05, 0) is 49.9 Å². The number of amides is 1. The number of carbonyl (C=O) groups excluding carboxylic acids is 1. The molecule has 0 saturated heterocycles. The first-order chi connectivity index (χ1) is 11.6. The highest BCUT2D eigenvalue weighted by atomic mass is 35.5. The molecule has 3 rings (SSSR count). The quantitative estimate of drug-likeness (QED) is 0.797.